The average Bonchev–Trinajstić information content (AvgIpc) is 2.83. The van der Waals surface area contributed by atoms with Crippen molar-refractivity contribution in [2.45, 2.75) is 46.5 Å². The predicted octanol–water partition coefficient (Wildman–Crippen LogP) is 4.28. The van der Waals surface area contributed by atoms with Crippen molar-refractivity contribution in [2.24, 2.45) is 34.5 Å². The fraction of sp³-hybridized carbons (Fsp3) is 0.619. The summed E-state index contributed by atoms with van der Waals surface area (Å²) in [5.74, 6) is 2.08. The van der Waals surface area contributed by atoms with Crippen LogP contribution in [0.15, 0.2) is 36.0 Å². The summed E-state index contributed by atoms with van der Waals surface area (Å²) < 4.78 is 0. The number of carbonyl (C=O) groups excluding carboxylic acids is 2. The maximum absolute atomic E-state index is 13.2. The van der Waals surface area contributed by atoms with Crippen molar-refractivity contribution in [1.29, 1.82) is 0 Å². The first kappa shape index (κ1) is 15.1. The van der Waals surface area contributed by atoms with Crippen LogP contribution in [-0.2, 0) is 9.59 Å². The molecule has 2 saturated carbocycles. The van der Waals surface area contributed by atoms with Crippen LogP contribution in [0.3, 0.4) is 0 Å². The van der Waals surface area contributed by atoms with Gasteiger partial charge >= 0.3 is 0 Å². The van der Waals surface area contributed by atoms with E-state index >= 15 is 0 Å². The quantitative estimate of drug-likeness (QED) is 0.724. The SMILES string of the molecule is CC[C@H]1CC[C@H]2[C@@H]3C=CC4=CC(=O)C=C[C@]4(C)[C@H]3C(=O)C[C@]12C. The number of hydrogen-bond acceptors (Lipinski definition) is 2. The topological polar surface area (TPSA) is 34.1 Å². The van der Waals surface area contributed by atoms with E-state index in [1.165, 1.54) is 19.3 Å². The molecule has 6 atom stereocenters. The molecule has 2 heteroatoms. The Morgan fingerprint density at radius 2 is 1.96 bits per heavy atom. The van der Waals surface area contributed by atoms with Crippen LogP contribution in [0.4, 0.5) is 0 Å². The largest absolute Gasteiger partial charge is 0.299 e. The summed E-state index contributed by atoms with van der Waals surface area (Å²) >= 11 is 0. The number of rotatable bonds is 1. The lowest BCUT2D eigenvalue weighted by atomic mass is 9.49. The Bertz CT molecular complexity index is 667. The first-order valence-corrected chi connectivity index (χ1v) is 9.06. The lowest BCUT2D eigenvalue weighted by Crippen LogP contribution is -2.52. The van der Waals surface area contributed by atoms with E-state index in [4.69, 9.17) is 0 Å². The molecule has 4 aliphatic rings. The molecule has 2 fully saturated rings. The van der Waals surface area contributed by atoms with E-state index < -0.39 is 0 Å². The van der Waals surface area contributed by atoms with Crippen LogP contribution in [0.1, 0.15) is 46.5 Å². The van der Waals surface area contributed by atoms with Gasteiger partial charge in [0.2, 0.25) is 0 Å². The Hall–Kier alpha value is -1.44. The first-order chi connectivity index (χ1) is 10.9. The van der Waals surface area contributed by atoms with Crippen molar-refractivity contribution in [1.82, 2.24) is 0 Å². The van der Waals surface area contributed by atoms with Crippen LogP contribution in [0, 0.1) is 34.5 Å². The monoisotopic (exact) mass is 310 g/mol. The number of allylic oxidation sites excluding steroid dienone is 6. The molecule has 4 aliphatic carbocycles. The van der Waals surface area contributed by atoms with Gasteiger partial charge in [0.15, 0.2) is 5.78 Å². The van der Waals surface area contributed by atoms with Gasteiger partial charge in [0.05, 0.1) is 0 Å². The summed E-state index contributed by atoms with van der Waals surface area (Å²) in [6.07, 6.45) is 14.2. The molecule has 0 aromatic heterocycles. The second-order valence-electron chi connectivity index (χ2n) is 8.47. The van der Waals surface area contributed by atoms with E-state index in [9.17, 15) is 9.59 Å². The average molecular weight is 310 g/mol. The second kappa shape index (κ2) is 4.78. The molecule has 0 aliphatic heterocycles. The molecule has 4 rings (SSSR count). The Kier molecular flexibility index (Phi) is 3.14. The zero-order valence-corrected chi connectivity index (χ0v) is 14.3. The third-order valence-electron chi connectivity index (χ3n) is 7.51. The smallest absolute Gasteiger partial charge is 0.178 e. The number of hydrogen-bond donors (Lipinski definition) is 0. The van der Waals surface area contributed by atoms with Crippen LogP contribution in [-0.4, -0.2) is 11.6 Å². The van der Waals surface area contributed by atoms with Crippen molar-refractivity contribution in [3.8, 4) is 0 Å². The summed E-state index contributed by atoms with van der Waals surface area (Å²) in [4.78, 5) is 24.9. The fourth-order valence-electron chi connectivity index (χ4n) is 6.27. The molecule has 2 nitrogen and oxygen atoms in total. The minimum Gasteiger partial charge on any atom is -0.299 e. The maximum atomic E-state index is 13.2. The molecule has 122 valence electrons. The number of Topliss-reactive ketones (excluding diaryl/α,β-unsaturated/α-hetero) is 1. The number of carbonyl (C=O) groups is 2. The highest BCUT2D eigenvalue weighted by molar-refractivity contribution is 6.02. The number of fused-ring (bicyclic) bond motifs is 5. The van der Waals surface area contributed by atoms with Gasteiger partial charge in [-0.1, -0.05) is 45.4 Å². The van der Waals surface area contributed by atoms with E-state index in [0.717, 1.165) is 12.0 Å². The van der Waals surface area contributed by atoms with Crippen molar-refractivity contribution >= 4 is 11.6 Å². The minimum absolute atomic E-state index is 0.0109. The zero-order valence-electron chi connectivity index (χ0n) is 14.3. The van der Waals surface area contributed by atoms with Gasteiger partial charge < -0.3 is 0 Å². The third-order valence-corrected chi connectivity index (χ3v) is 7.51. The maximum Gasteiger partial charge on any atom is 0.178 e. The zero-order chi connectivity index (χ0) is 16.4. The molecule has 0 bridgehead atoms. The standard InChI is InChI=1S/C21H26O2/c1-4-13-6-8-17-16-7-5-14-11-15(22)9-10-20(14,2)19(16)18(23)12-21(13,17)3/h5,7,9-11,13,16-17,19H,4,6,8,12H2,1-3H3/t13-,16-,17-,19+,20-,21+/m0/s1. The van der Waals surface area contributed by atoms with E-state index in [1.54, 1.807) is 12.2 Å². The van der Waals surface area contributed by atoms with E-state index in [0.29, 0.717) is 23.5 Å². The van der Waals surface area contributed by atoms with Crippen LogP contribution in [0.5, 0.6) is 0 Å². The van der Waals surface area contributed by atoms with E-state index in [2.05, 4.69) is 32.9 Å². The third kappa shape index (κ3) is 1.87. The molecule has 0 aromatic carbocycles. The molecule has 0 spiro atoms. The normalized spacial score (nSPS) is 47.9. The Balaban J connectivity index is 1.80. The molecule has 0 N–H and O–H groups in total. The Morgan fingerprint density at radius 3 is 2.70 bits per heavy atom. The summed E-state index contributed by atoms with van der Waals surface area (Å²) in [5.41, 5.74) is 0.896. The van der Waals surface area contributed by atoms with Crippen molar-refractivity contribution < 1.29 is 9.59 Å². The van der Waals surface area contributed by atoms with Crippen LogP contribution >= 0.6 is 0 Å². The predicted molar refractivity (Wildman–Crippen MR) is 90.7 cm³/mol. The molecule has 0 amide bonds. The van der Waals surface area contributed by atoms with Gasteiger partial charge in [-0.25, -0.2) is 0 Å². The highest BCUT2D eigenvalue weighted by Gasteiger charge is 2.60. The first-order valence-electron chi connectivity index (χ1n) is 9.06. The molecular formula is C21H26O2. The van der Waals surface area contributed by atoms with Gasteiger partial charge in [0.25, 0.3) is 0 Å². The lowest BCUT2D eigenvalue weighted by molar-refractivity contribution is -0.138. The van der Waals surface area contributed by atoms with Gasteiger partial charge in [-0.15, -0.1) is 0 Å². The molecular weight excluding hydrogens is 284 g/mol. The summed E-state index contributed by atoms with van der Waals surface area (Å²) in [6, 6.07) is 0. The highest BCUT2D eigenvalue weighted by Crippen LogP contribution is 2.63. The van der Waals surface area contributed by atoms with E-state index in [-0.39, 0.29) is 22.5 Å². The van der Waals surface area contributed by atoms with Crippen LogP contribution in [0.2, 0.25) is 0 Å². The number of ketones is 2. The van der Waals surface area contributed by atoms with Gasteiger partial charge in [0.1, 0.15) is 5.78 Å². The van der Waals surface area contributed by atoms with Gasteiger partial charge in [-0.2, -0.15) is 0 Å². The van der Waals surface area contributed by atoms with Gasteiger partial charge in [-0.05, 0) is 53.7 Å². The summed E-state index contributed by atoms with van der Waals surface area (Å²) in [7, 11) is 0. The molecule has 23 heavy (non-hydrogen) atoms. The molecule has 0 unspecified atom stereocenters. The van der Waals surface area contributed by atoms with Crippen LogP contribution < -0.4 is 0 Å². The van der Waals surface area contributed by atoms with Gasteiger partial charge in [0, 0.05) is 17.8 Å². The minimum atomic E-state index is -0.296. The molecule has 0 heterocycles. The summed E-state index contributed by atoms with van der Waals surface area (Å²) in [6.45, 7) is 6.77. The highest BCUT2D eigenvalue weighted by atomic mass is 16.1. The van der Waals surface area contributed by atoms with Crippen molar-refractivity contribution in [3.63, 3.8) is 0 Å². The summed E-state index contributed by atoms with van der Waals surface area (Å²) in [5, 5.41) is 0. The van der Waals surface area contributed by atoms with Gasteiger partial charge in [-0.3, -0.25) is 9.59 Å². The molecule has 0 aromatic rings. The fourth-order valence-corrected chi connectivity index (χ4v) is 6.27. The molecule has 0 radical (unpaired) electrons. The Labute approximate surface area is 138 Å². The lowest BCUT2D eigenvalue weighted by Gasteiger charge is -2.53. The Morgan fingerprint density at radius 1 is 1.17 bits per heavy atom. The second-order valence-corrected chi connectivity index (χ2v) is 8.47. The van der Waals surface area contributed by atoms with Crippen molar-refractivity contribution in [2.75, 3.05) is 0 Å². The van der Waals surface area contributed by atoms with Crippen molar-refractivity contribution in [3.05, 3.63) is 36.0 Å². The molecule has 0 saturated heterocycles. The van der Waals surface area contributed by atoms with E-state index in [1.807, 2.05) is 6.08 Å². The van der Waals surface area contributed by atoms with Crippen LogP contribution in [0.25, 0.3) is 0 Å².